The zero-order valence-electron chi connectivity index (χ0n) is 13.2. The summed E-state index contributed by atoms with van der Waals surface area (Å²) in [6.45, 7) is 4.63. The first kappa shape index (κ1) is 17.3. The fourth-order valence-corrected chi connectivity index (χ4v) is 2.05. The molecule has 0 aliphatic heterocycles. The van der Waals surface area contributed by atoms with Crippen molar-refractivity contribution in [3.8, 4) is 11.5 Å². The van der Waals surface area contributed by atoms with Crippen LogP contribution in [0.1, 0.15) is 51.5 Å². The molecule has 0 fully saturated rings. The SMILES string of the molecule is COc1cc(COC(=O)CCCCCC(C)C)ccc1O. The van der Waals surface area contributed by atoms with Gasteiger partial charge in [0.05, 0.1) is 7.11 Å². The highest BCUT2D eigenvalue weighted by atomic mass is 16.5. The number of esters is 1. The van der Waals surface area contributed by atoms with Crippen molar-refractivity contribution >= 4 is 5.97 Å². The molecule has 0 aliphatic carbocycles. The highest BCUT2D eigenvalue weighted by Crippen LogP contribution is 2.26. The van der Waals surface area contributed by atoms with Crippen molar-refractivity contribution in [2.45, 2.75) is 52.6 Å². The predicted molar refractivity (Wildman–Crippen MR) is 82.4 cm³/mol. The van der Waals surface area contributed by atoms with Crippen LogP contribution in [0.15, 0.2) is 18.2 Å². The van der Waals surface area contributed by atoms with Crippen LogP contribution < -0.4 is 4.74 Å². The topological polar surface area (TPSA) is 55.8 Å². The third-order valence-corrected chi connectivity index (χ3v) is 3.31. The molecule has 0 unspecified atom stereocenters. The highest BCUT2D eigenvalue weighted by Gasteiger charge is 2.06. The molecule has 1 aromatic carbocycles. The molecule has 0 spiro atoms. The second kappa shape index (κ2) is 9.27. The third kappa shape index (κ3) is 7.02. The van der Waals surface area contributed by atoms with E-state index in [0.717, 1.165) is 24.3 Å². The van der Waals surface area contributed by atoms with E-state index in [1.165, 1.54) is 26.0 Å². The number of carbonyl (C=O) groups excluding carboxylic acids is 1. The Bertz CT molecular complexity index is 440. The molecule has 0 aromatic heterocycles. The van der Waals surface area contributed by atoms with Crippen molar-refractivity contribution < 1.29 is 19.4 Å². The minimum Gasteiger partial charge on any atom is -0.504 e. The minimum atomic E-state index is -0.174. The number of unbranched alkanes of at least 4 members (excludes halogenated alkanes) is 2. The van der Waals surface area contributed by atoms with Crippen molar-refractivity contribution in [3.05, 3.63) is 23.8 Å². The van der Waals surface area contributed by atoms with Crippen LogP contribution in [0.2, 0.25) is 0 Å². The van der Waals surface area contributed by atoms with Crippen LogP contribution in [0.4, 0.5) is 0 Å². The summed E-state index contributed by atoms with van der Waals surface area (Å²) in [7, 11) is 1.49. The van der Waals surface area contributed by atoms with E-state index in [0.29, 0.717) is 12.2 Å². The van der Waals surface area contributed by atoms with E-state index in [2.05, 4.69) is 13.8 Å². The monoisotopic (exact) mass is 294 g/mol. The Morgan fingerprint density at radius 2 is 2.00 bits per heavy atom. The molecule has 4 nitrogen and oxygen atoms in total. The quantitative estimate of drug-likeness (QED) is 0.551. The summed E-state index contributed by atoms with van der Waals surface area (Å²) in [5.74, 6) is 1.02. The number of hydrogen-bond acceptors (Lipinski definition) is 4. The number of aromatic hydroxyl groups is 1. The number of ether oxygens (including phenoxy) is 2. The molecule has 0 bridgehead atoms. The van der Waals surface area contributed by atoms with Gasteiger partial charge in [-0.2, -0.15) is 0 Å². The molecular formula is C17H26O4. The second-order valence-corrected chi connectivity index (χ2v) is 5.66. The summed E-state index contributed by atoms with van der Waals surface area (Å²) in [5, 5.41) is 9.49. The fraction of sp³-hybridized carbons (Fsp3) is 0.588. The lowest BCUT2D eigenvalue weighted by Gasteiger charge is -2.08. The maximum absolute atomic E-state index is 11.6. The van der Waals surface area contributed by atoms with Crippen molar-refractivity contribution in [2.24, 2.45) is 5.92 Å². The normalized spacial score (nSPS) is 10.7. The van der Waals surface area contributed by atoms with Crippen molar-refractivity contribution in [1.29, 1.82) is 0 Å². The van der Waals surface area contributed by atoms with Gasteiger partial charge >= 0.3 is 5.97 Å². The van der Waals surface area contributed by atoms with E-state index in [1.807, 2.05) is 0 Å². The zero-order chi connectivity index (χ0) is 15.7. The van der Waals surface area contributed by atoms with Gasteiger partial charge in [-0.25, -0.2) is 0 Å². The van der Waals surface area contributed by atoms with Crippen molar-refractivity contribution in [1.82, 2.24) is 0 Å². The molecule has 1 N–H and O–H groups in total. The summed E-state index contributed by atoms with van der Waals surface area (Å²) < 4.78 is 10.2. The first-order chi connectivity index (χ1) is 10.0. The average molecular weight is 294 g/mol. The molecule has 0 atom stereocenters. The Kier molecular flexibility index (Phi) is 7.65. The summed E-state index contributed by atoms with van der Waals surface area (Å²) in [4.78, 5) is 11.6. The molecule has 21 heavy (non-hydrogen) atoms. The van der Waals surface area contributed by atoms with E-state index < -0.39 is 0 Å². The molecule has 0 heterocycles. The molecule has 118 valence electrons. The Morgan fingerprint density at radius 3 is 2.67 bits per heavy atom. The van der Waals surface area contributed by atoms with Gasteiger partial charge in [0.1, 0.15) is 6.61 Å². The standard InChI is InChI=1S/C17H26O4/c1-13(2)7-5-4-6-8-17(19)21-12-14-9-10-15(18)16(11-14)20-3/h9-11,13,18H,4-8,12H2,1-3H3. The van der Waals surface area contributed by atoms with Gasteiger partial charge in [0.25, 0.3) is 0 Å². The average Bonchev–Trinajstić information content (AvgIpc) is 2.45. The van der Waals surface area contributed by atoms with Crippen LogP contribution >= 0.6 is 0 Å². The number of rotatable bonds is 9. The van der Waals surface area contributed by atoms with Gasteiger partial charge in [-0.3, -0.25) is 4.79 Å². The molecule has 1 aromatic rings. The van der Waals surface area contributed by atoms with Gasteiger partial charge in [-0.05, 0) is 30.0 Å². The van der Waals surface area contributed by atoms with Crippen LogP contribution in [0.5, 0.6) is 11.5 Å². The molecule has 0 saturated heterocycles. The fourth-order valence-electron chi connectivity index (χ4n) is 2.05. The van der Waals surface area contributed by atoms with Crippen molar-refractivity contribution in [2.75, 3.05) is 7.11 Å². The maximum Gasteiger partial charge on any atom is 0.306 e. The number of hydrogen-bond donors (Lipinski definition) is 1. The van der Waals surface area contributed by atoms with Gasteiger partial charge in [0.15, 0.2) is 11.5 Å². The Labute approximate surface area is 127 Å². The minimum absolute atomic E-state index is 0.0812. The molecule has 0 saturated carbocycles. The predicted octanol–water partition coefficient (Wildman–Crippen LogP) is 4.05. The summed E-state index contributed by atoms with van der Waals surface area (Å²) in [5.41, 5.74) is 0.804. The van der Waals surface area contributed by atoms with E-state index in [-0.39, 0.29) is 18.3 Å². The smallest absolute Gasteiger partial charge is 0.306 e. The van der Waals surface area contributed by atoms with Gasteiger partial charge in [-0.1, -0.05) is 39.2 Å². The summed E-state index contributed by atoms with van der Waals surface area (Å²) in [6.07, 6.45) is 4.79. The van der Waals surface area contributed by atoms with Crippen LogP contribution in [0.3, 0.4) is 0 Å². The van der Waals surface area contributed by atoms with E-state index in [9.17, 15) is 9.90 Å². The Hall–Kier alpha value is -1.71. The summed E-state index contributed by atoms with van der Waals surface area (Å²) >= 11 is 0. The molecule has 0 radical (unpaired) electrons. The largest absolute Gasteiger partial charge is 0.504 e. The molecule has 0 amide bonds. The Balaban J connectivity index is 2.24. The van der Waals surface area contributed by atoms with Crippen LogP contribution in [-0.4, -0.2) is 18.2 Å². The third-order valence-electron chi connectivity index (χ3n) is 3.31. The van der Waals surface area contributed by atoms with Gasteiger partial charge in [0, 0.05) is 6.42 Å². The first-order valence-corrected chi connectivity index (χ1v) is 7.54. The number of phenols is 1. The molecule has 0 aliphatic rings. The lowest BCUT2D eigenvalue weighted by atomic mass is 10.0. The molecular weight excluding hydrogens is 268 g/mol. The summed E-state index contributed by atoms with van der Waals surface area (Å²) in [6, 6.07) is 4.92. The zero-order valence-corrected chi connectivity index (χ0v) is 13.2. The lowest BCUT2D eigenvalue weighted by molar-refractivity contribution is -0.145. The van der Waals surface area contributed by atoms with Crippen LogP contribution in [0, 0.1) is 5.92 Å². The van der Waals surface area contributed by atoms with Crippen LogP contribution in [-0.2, 0) is 16.1 Å². The van der Waals surface area contributed by atoms with Crippen molar-refractivity contribution in [3.63, 3.8) is 0 Å². The Morgan fingerprint density at radius 1 is 1.24 bits per heavy atom. The lowest BCUT2D eigenvalue weighted by Crippen LogP contribution is -2.04. The number of benzene rings is 1. The molecule has 4 heteroatoms. The second-order valence-electron chi connectivity index (χ2n) is 5.66. The van der Waals surface area contributed by atoms with Gasteiger partial charge in [-0.15, -0.1) is 0 Å². The van der Waals surface area contributed by atoms with E-state index in [4.69, 9.17) is 9.47 Å². The first-order valence-electron chi connectivity index (χ1n) is 7.54. The van der Waals surface area contributed by atoms with Gasteiger partial charge in [0.2, 0.25) is 0 Å². The highest BCUT2D eigenvalue weighted by molar-refractivity contribution is 5.69. The van der Waals surface area contributed by atoms with Crippen LogP contribution in [0.25, 0.3) is 0 Å². The maximum atomic E-state index is 11.6. The molecule has 1 rings (SSSR count). The van der Waals surface area contributed by atoms with Gasteiger partial charge < -0.3 is 14.6 Å². The van der Waals surface area contributed by atoms with E-state index >= 15 is 0 Å². The van der Waals surface area contributed by atoms with E-state index in [1.54, 1.807) is 12.1 Å². The number of carbonyl (C=O) groups is 1. The number of methoxy groups -OCH3 is 1. The number of phenolic OH excluding ortho intramolecular Hbond substituents is 1.